The van der Waals surface area contributed by atoms with E-state index in [0.29, 0.717) is 30.2 Å². The molecule has 0 radical (unpaired) electrons. The third kappa shape index (κ3) is 5.21. The van der Waals surface area contributed by atoms with E-state index < -0.39 is 0 Å². The molecule has 0 aliphatic carbocycles. The number of carbonyl (C=O) groups excluding carboxylic acids is 1. The Morgan fingerprint density at radius 3 is 2.68 bits per heavy atom. The second-order valence-corrected chi connectivity index (χ2v) is 6.90. The number of nitrogens with one attached hydrogen (secondary N) is 1. The number of carbonyl (C=O) groups is 1. The van der Waals surface area contributed by atoms with Gasteiger partial charge in [-0.3, -0.25) is 4.79 Å². The monoisotopic (exact) mass is 362 g/mol. The number of amides is 1. The van der Waals surface area contributed by atoms with E-state index in [0.717, 1.165) is 6.42 Å². The molecule has 0 saturated heterocycles. The molecule has 1 amide bonds. The van der Waals surface area contributed by atoms with E-state index in [4.69, 9.17) is 9.47 Å². The molecular formula is C19H26N2O3S. The molecular weight excluding hydrogens is 336 g/mol. The van der Waals surface area contributed by atoms with Gasteiger partial charge in [0.05, 0.1) is 19.8 Å². The lowest BCUT2D eigenvalue weighted by molar-refractivity contribution is 0.0942. The van der Waals surface area contributed by atoms with E-state index >= 15 is 0 Å². The van der Waals surface area contributed by atoms with Crippen LogP contribution in [-0.4, -0.2) is 45.2 Å². The van der Waals surface area contributed by atoms with Crippen LogP contribution in [0.25, 0.3) is 0 Å². The van der Waals surface area contributed by atoms with Crippen molar-refractivity contribution < 1.29 is 14.3 Å². The highest BCUT2D eigenvalue weighted by Gasteiger charge is 2.17. The van der Waals surface area contributed by atoms with Crippen LogP contribution in [0.5, 0.6) is 11.5 Å². The van der Waals surface area contributed by atoms with Crippen LogP contribution in [0.3, 0.4) is 0 Å². The Morgan fingerprint density at radius 1 is 1.28 bits per heavy atom. The summed E-state index contributed by atoms with van der Waals surface area (Å²) in [6.07, 6.45) is 0.917. The van der Waals surface area contributed by atoms with Crippen LogP contribution in [-0.2, 0) is 0 Å². The van der Waals surface area contributed by atoms with Gasteiger partial charge in [0.25, 0.3) is 5.91 Å². The Morgan fingerprint density at radius 2 is 2.08 bits per heavy atom. The normalized spacial score (nSPS) is 12.0. The molecule has 0 aliphatic heterocycles. The smallest absolute Gasteiger partial charge is 0.251 e. The zero-order chi connectivity index (χ0) is 18.2. The first-order chi connectivity index (χ1) is 12.1. The van der Waals surface area contributed by atoms with Gasteiger partial charge in [0.1, 0.15) is 0 Å². The highest BCUT2D eigenvalue weighted by molar-refractivity contribution is 7.10. The predicted octanol–water partition coefficient (Wildman–Crippen LogP) is 3.58. The quantitative estimate of drug-likeness (QED) is 0.741. The van der Waals surface area contributed by atoms with Crippen molar-refractivity contribution in [1.29, 1.82) is 0 Å². The predicted molar refractivity (Wildman–Crippen MR) is 102 cm³/mol. The van der Waals surface area contributed by atoms with Crippen LogP contribution in [0.15, 0.2) is 35.7 Å². The van der Waals surface area contributed by atoms with Gasteiger partial charge in [-0.25, -0.2) is 0 Å². The van der Waals surface area contributed by atoms with Crippen LogP contribution in [0, 0.1) is 0 Å². The minimum absolute atomic E-state index is 0.122. The van der Waals surface area contributed by atoms with Gasteiger partial charge in [0.2, 0.25) is 0 Å². The summed E-state index contributed by atoms with van der Waals surface area (Å²) in [4.78, 5) is 15.8. The summed E-state index contributed by atoms with van der Waals surface area (Å²) in [5.74, 6) is 1.11. The highest BCUT2D eigenvalue weighted by Crippen LogP contribution is 2.28. The maximum absolute atomic E-state index is 12.5. The van der Waals surface area contributed by atoms with Crippen molar-refractivity contribution in [3.05, 3.63) is 46.2 Å². The number of hydrogen-bond donors (Lipinski definition) is 1. The van der Waals surface area contributed by atoms with Crippen molar-refractivity contribution in [3.63, 3.8) is 0 Å². The molecule has 0 fully saturated rings. The summed E-state index contributed by atoms with van der Waals surface area (Å²) in [5, 5.41) is 5.06. The topological polar surface area (TPSA) is 50.8 Å². The summed E-state index contributed by atoms with van der Waals surface area (Å²) < 4.78 is 11.0. The van der Waals surface area contributed by atoms with Crippen LogP contribution < -0.4 is 14.8 Å². The number of benzene rings is 1. The molecule has 1 aromatic heterocycles. The Balaban J connectivity index is 2.04. The Bertz CT molecular complexity index is 671. The molecule has 0 bridgehead atoms. The van der Waals surface area contributed by atoms with Crippen molar-refractivity contribution in [1.82, 2.24) is 10.2 Å². The van der Waals surface area contributed by atoms with Crippen molar-refractivity contribution >= 4 is 17.2 Å². The van der Waals surface area contributed by atoms with Crippen LogP contribution in [0.1, 0.15) is 34.6 Å². The number of likely N-dealkylation sites (N-methyl/N-ethyl adjacent to an activating group) is 1. The minimum atomic E-state index is -0.122. The average molecular weight is 362 g/mol. The molecule has 25 heavy (non-hydrogen) atoms. The van der Waals surface area contributed by atoms with Gasteiger partial charge >= 0.3 is 0 Å². The summed E-state index contributed by atoms with van der Waals surface area (Å²) in [6, 6.07) is 9.53. The van der Waals surface area contributed by atoms with E-state index in [1.807, 2.05) is 32.5 Å². The number of nitrogens with zero attached hydrogens (tertiary/aromatic N) is 1. The van der Waals surface area contributed by atoms with Gasteiger partial charge in [0.15, 0.2) is 11.5 Å². The largest absolute Gasteiger partial charge is 0.493 e. The molecule has 1 aromatic carbocycles. The second kappa shape index (κ2) is 9.44. The van der Waals surface area contributed by atoms with Gasteiger partial charge in [-0.05, 0) is 50.2 Å². The summed E-state index contributed by atoms with van der Waals surface area (Å²) in [5.41, 5.74) is 0.560. The maximum Gasteiger partial charge on any atom is 0.251 e. The lowest BCUT2D eigenvalue weighted by Gasteiger charge is -2.23. The first-order valence-electron chi connectivity index (χ1n) is 8.35. The van der Waals surface area contributed by atoms with Gasteiger partial charge in [-0.1, -0.05) is 13.0 Å². The van der Waals surface area contributed by atoms with Crippen molar-refractivity contribution in [2.24, 2.45) is 0 Å². The second-order valence-electron chi connectivity index (χ2n) is 5.92. The van der Waals surface area contributed by atoms with Gasteiger partial charge < -0.3 is 19.7 Å². The molecule has 1 atom stereocenters. The third-order valence-corrected chi connectivity index (χ3v) is 4.81. The summed E-state index contributed by atoms with van der Waals surface area (Å²) in [7, 11) is 5.60. The number of hydrogen-bond acceptors (Lipinski definition) is 5. The Hall–Kier alpha value is -2.05. The van der Waals surface area contributed by atoms with E-state index in [2.05, 4.69) is 16.3 Å². The molecule has 6 heteroatoms. The van der Waals surface area contributed by atoms with E-state index in [-0.39, 0.29) is 11.9 Å². The van der Waals surface area contributed by atoms with E-state index in [9.17, 15) is 4.79 Å². The zero-order valence-electron chi connectivity index (χ0n) is 15.2. The van der Waals surface area contributed by atoms with Crippen molar-refractivity contribution in [2.45, 2.75) is 19.4 Å². The molecule has 0 spiro atoms. The highest BCUT2D eigenvalue weighted by atomic mass is 32.1. The van der Waals surface area contributed by atoms with E-state index in [1.165, 1.54) is 4.88 Å². The van der Waals surface area contributed by atoms with Crippen LogP contribution in [0.2, 0.25) is 0 Å². The van der Waals surface area contributed by atoms with Crippen molar-refractivity contribution in [2.75, 3.05) is 34.4 Å². The minimum Gasteiger partial charge on any atom is -0.493 e. The maximum atomic E-state index is 12.5. The SMILES string of the molecule is CCCOc1ccc(C(=O)NC[C@H](c2cccs2)N(C)C)cc1OC. The molecule has 0 saturated carbocycles. The molecule has 0 aliphatic rings. The Kier molecular flexibility index (Phi) is 7.28. The molecule has 2 rings (SSSR count). The van der Waals surface area contributed by atoms with Crippen molar-refractivity contribution in [3.8, 4) is 11.5 Å². The summed E-state index contributed by atoms with van der Waals surface area (Å²) in [6.45, 7) is 3.21. The number of methoxy groups -OCH3 is 1. The lowest BCUT2D eigenvalue weighted by Crippen LogP contribution is -2.34. The first-order valence-corrected chi connectivity index (χ1v) is 9.23. The average Bonchev–Trinajstić information content (AvgIpc) is 3.13. The lowest BCUT2D eigenvalue weighted by atomic mass is 10.1. The van der Waals surface area contributed by atoms with Crippen LogP contribution in [0.4, 0.5) is 0 Å². The fourth-order valence-corrected chi connectivity index (χ4v) is 3.37. The fraction of sp³-hybridized carbons (Fsp3) is 0.421. The fourth-order valence-electron chi connectivity index (χ4n) is 2.45. The Labute approximate surface area is 153 Å². The molecule has 1 heterocycles. The van der Waals surface area contributed by atoms with Gasteiger partial charge in [-0.2, -0.15) is 0 Å². The molecule has 5 nitrogen and oxygen atoms in total. The van der Waals surface area contributed by atoms with Crippen LogP contribution >= 0.6 is 11.3 Å². The standard InChI is InChI=1S/C19H26N2O3S/c1-5-10-24-16-9-8-14(12-17(16)23-4)19(22)20-13-15(21(2)3)18-7-6-11-25-18/h6-9,11-12,15H,5,10,13H2,1-4H3,(H,20,22)/t15-/m1/s1. The third-order valence-electron chi connectivity index (χ3n) is 3.84. The molecule has 0 unspecified atom stereocenters. The number of rotatable bonds is 9. The number of ether oxygens (including phenoxy) is 2. The van der Waals surface area contributed by atoms with Gasteiger partial charge in [-0.15, -0.1) is 11.3 Å². The number of thiophene rings is 1. The summed E-state index contributed by atoms with van der Waals surface area (Å²) >= 11 is 1.69. The van der Waals surface area contributed by atoms with Gasteiger partial charge in [0, 0.05) is 17.0 Å². The molecule has 2 aromatic rings. The first kappa shape index (κ1) is 19.3. The molecule has 136 valence electrons. The zero-order valence-corrected chi connectivity index (χ0v) is 16.1. The van der Waals surface area contributed by atoms with E-state index in [1.54, 1.807) is 36.6 Å². The molecule has 1 N–H and O–H groups in total.